The lowest BCUT2D eigenvalue weighted by Crippen LogP contribution is -2.55. The van der Waals surface area contributed by atoms with Crippen LogP contribution in [0.4, 0.5) is 4.79 Å². The van der Waals surface area contributed by atoms with Gasteiger partial charge in [-0.25, -0.2) is 9.46 Å². The fourth-order valence-electron chi connectivity index (χ4n) is 4.52. The van der Waals surface area contributed by atoms with E-state index in [2.05, 4.69) is 38.4 Å². The number of hydrogen-bond donors (Lipinski definition) is 1. The van der Waals surface area contributed by atoms with Crippen LogP contribution in [0.1, 0.15) is 57.3 Å². The Hall–Kier alpha value is -2.12. The number of amides is 3. The van der Waals surface area contributed by atoms with Gasteiger partial charge in [-0.05, 0) is 46.2 Å². The maximum atomic E-state index is 13.3. The molecule has 2 unspecified atom stereocenters. The van der Waals surface area contributed by atoms with Crippen molar-refractivity contribution in [3.63, 3.8) is 0 Å². The summed E-state index contributed by atoms with van der Waals surface area (Å²) in [4.78, 5) is 29.1. The Morgan fingerprint density at radius 1 is 1.25 bits per heavy atom. The Morgan fingerprint density at radius 2 is 1.94 bits per heavy atom. The molecule has 0 aliphatic carbocycles. The van der Waals surface area contributed by atoms with Crippen LogP contribution in [0, 0.1) is 11.3 Å². The smallest absolute Gasteiger partial charge is 0.329 e. The number of nitriles is 1. The minimum Gasteiger partial charge on any atom is -0.394 e. The van der Waals surface area contributed by atoms with Crippen LogP contribution >= 0.6 is 8.53 Å². The summed E-state index contributed by atoms with van der Waals surface area (Å²) in [5, 5.41) is 19.0. The number of aliphatic hydroxyl groups is 1. The van der Waals surface area contributed by atoms with Crippen molar-refractivity contribution in [2.24, 2.45) is 0 Å². The molecule has 2 aliphatic heterocycles. The molecule has 2 saturated heterocycles. The summed E-state index contributed by atoms with van der Waals surface area (Å²) in [7, 11) is -1.53. The Morgan fingerprint density at radius 3 is 2.56 bits per heavy atom. The largest absolute Gasteiger partial charge is 0.394 e. The minimum absolute atomic E-state index is 0.130. The van der Waals surface area contributed by atoms with Crippen LogP contribution in [-0.2, 0) is 13.8 Å². The first-order chi connectivity index (χ1) is 17.3. The van der Waals surface area contributed by atoms with E-state index in [0.29, 0.717) is 31.5 Å². The van der Waals surface area contributed by atoms with Crippen molar-refractivity contribution in [3.8, 4) is 6.07 Å². The number of aliphatic hydroxyl groups excluding tert-OH is 1. The number of rotatable bonds is 11. The highest BCUT2D eigenvalue weighted by atomic mass is 31.2. The van der Waals surface area contributed by atoms with E-state index in [-0.39, 0.29) is 37.6 Å². The van der Waals surface area contributed by atoms with Crippen molar-refractivity contribution in [1.29, 1.82) is 5.26 Å². The molecule has 3 amide bonds. The summed E-state index contributed by atoms with van der Waals surface area (Å²) in [6.07, 6.45) is -0.580. The van der Waals surface area contributed by atoms with Crippen molar-refractivity contribution in [1.82, 2.24) is 14.5 Å². The second-order valence-electron chi connectivity index (χ2n) is 9.39. The van der Waals surface area contributed by atoms with Gasteiger partial charge in [-0.15, -0.1) is 0 Å². The quantitative estimate of drug-likeness (QED) is 0.347. The van der Waals surface area contributed by atoms with Gasteiger partial charge in [0, 0.05) is 37.2 Å². The molecule has 1 aromatic carbocycles. The van der Waals surface area contributed by atoms with Crippen molar-refractivity contribution in [3.05, 3.63) is 35.9 Å². The van der Waals surface area contributed by atoms with E-state index in [1.54, 1.807) is 29.2 Å². The predicted molar refractivity (Wildman–Crippen MR) is 135 cm³/mol. The molecule has 36 heavy (non-hydrogen) atoms. The number of benzene rings is 1. The van der Waals surface area contributed by atoms with Crippen LogP contribution in [0.5, 0.6) is 0 Å². The number of nitrogens with zero attached hydrogens (tertiary/aromatic N) is 4. The molecule has 4 atom stereocenters. The molecule has 0 bridgehead atoms. The molecule has 2 heterocycles. The maximum Gasteiger partial charge on any atom is 0.329 e. The molecule has 2 fully saturated rings. The number of urea groups is 1. The number of carbonyl (C=O) groups is 2. The van der Waals surface area contributed by atoms with Gasteiger partial charge >= 0.3 is 6.03 Å². The van der Waals surface area contributed by atoms with Crippen LogP contribution in [0.3, 0.4) is 0 Å². The van der Waals surface area contributed by atoms with Crippen LogP contribution in [0.25, 0.3) is 0 Å². The Bertz CT molecular complexity index is 904. The van der Waals surface area contributed by atoms with Gasteiger partial charge < -0.3 is 18.9 Å². The molecular weight excluding hydrogens is 483 g/mol. The van der Waals surface area contributed by atoms with Crippen LogP contribution < -0.4 is 0 Å². The molecule has 0 aromatic heterocycles. The number of hydrogen-bond acceptors (Lipinski definition) is 8. The van der Waals surface area contributed by atoms with Crippen LogP contribution in [-0.4, -0.2) is 88.3 Å². The van der Waals surface area contributed by atoms with Crippen LogP contribution in [0.2, 0.25) is 0 Å². The third-order valence-corrected chi connectivity index (χ3v) is 8.27. The standard InChI is InChI=1S/C25H37N4O6P/c1-18(2)29(19(3)4)36(33-15-8-12-26)35-21-16-23(34-22(21)17-30)27-13-9-14-28(25(27)32)24(31)20-10-6-5-7-11-20/h5-7,10-11,18-19,21-23,30H,8-9,13-17H2,1-4H3/t21-,22?,23-,36?/m1/s1. The summed E-state index contributed by atoms with van der Waals surface area (Å²) in [5.74, 6) is -0.339. The zero-order valence-corrected chi connectivity index (χ0v) is 22.3. The average molecular weight is 521 g/mol. The summed E-state index contributed by atoms with van der Waals surface area (Å²) in [6, 6.07) is 10.7. The topological polar surface area (TPSA) is 116 Å². The molecule has 0 saturated carbocycles. The van der Waals surface area contributed by atoms with Gasteiger partial charge in [0.05, 0.1) is 31.8 Å². The maximum absolute atomic E-state index is 13.3. The lowest BCUT2D eigenvalue weighted by atomic mass is 10.1. The van der Waals surface area contributed by atoms with Crippen molar-refractivity contribution in [2.75, 3.05) is 26.3 Å². The van der Waals surface area contributed by atoms with E-state index in [9.17, 15) is 14.7 Å². The van der Waals surface area contributed by atoms with Gasteiger partial charge in [-0.3, -0.25) is 14.6 Å². The van der Waals surface area contributed by atoms with E-state index >= 15 is 0 Å². The molecule has 11 heteroatoms. The van der Waals surface area contributed by atoms with E-state index in [0.717, 1.165) is 0 Å². The third-order valence-electron chi connectivity index (χ3n) is 6.12. The van der Waals surface area contributed by atoms with Gasteiger partial charge in [-0.2, -0.15) is 5.26 Å². The van der Waals surface area contributed by atoms with Gasteiger partial charge in [0.1, 0.15) is 12.3 Å². The molecular formula is C25H37N4O6P. The Balaban J connectivity index is 1.73. The van der Waals surface area contributed by atoms with E-state index in [4.69, 9.17) is 19.0 Å². The molecule has 10 nitrogen and oxygen atoms in total. The van der Waals surface area contributed by atoms with E-state index in [1.165, 1.54) is 4.90 Å². The van der Waals surface area contributed by atoms with Gasteiger partial charge in [-0.1, -0.05) is 18.2 Å². The number of carbonyl (C=O) groups excluding carboxylic acids is 2. The van der Waals surface area contributed by atoms with Gasteiger partial charge in [0.15, 0.2) is 0 Å². The molecule has 1 N–H and O–H groups in total. The third kappa shape index (κ3) is 6.80. The van der Waals surface area contributed by atoms with E-state index in [1.807, 2.05) is 6.07 Å². The van der Waals surface area contributed by atoms with Crippen molar-refractivity contribution >= 4 is 20.5 Å². The molecule has 198 valence electrons. The Labute approximate surface area is 214 Å². The summed E-state index contributed by atoms with van der Waals surface area (Å²) in [5.41, 5.74) is 0.456. The second-order valence-corrected chi connectivity index (χ2v) is 10.8. The zero-order chi connectivity index (χ0) is 26.2. The Kier molecular flexibility index (Phi) is 10.6. The van der Waals surface area contributed by atoms with Crippen LogP contribution in [0.15, 0.2) is 30.3 Å². The summed E-state index contributed by atoms with van der Waals surface area (Å²) < 4.78 is 20.6. The fourth-order valence-corrected chi connectivity index (χ4v) is 6.27. The predicted octanol–water partition coefficient (Wildman–Crippen LogP) is 3.72. The molecule has 3 rings (SSSR count). The lowest BCUT2D eigenvalue weighted by Gasteiger charge is -2.38. The molecule has 0 radical (unpaired) electrons. The highest BCUT2D eigenvalue weighted by Crippen LogP contribution is 2.49. The minimum atomic E-state index is -1.53. The first kappa shape index (κ1) is 28.5. The number of imide groups is 1. The molecule has 2 aliphatic rings. The zero-order valence-electron chi connectivity index (χ0n) is 21.4. The average Bonchev–Trinajstić information content (AvgIpc) is 3.26. The highest BCUT2D eigenvalue weighted by Gasteiger charge is 2.45. The molecule has 1 aromatic rings. The summed E-state index contributed by atoms with van der Waals surface area (Å²) >= 11 is 0. The molecule has 0 spiro atoms. The number of ether oxygens (including phenoxy) is 1. The first-order valence-electron chi connectivity index (χ1n) is 12.5. The van der Waals surface area contributed by atoms with Gasteiger partial charge in [0.2, 0.25) is 0 Å². The van der Waals surface area contributed by atoms with Crippen molar-refractivity contribution < 1.29 is 28.5 Å². The normalized spacial score (nSPS) is 23.5. The lowest BCUT2D eigenvalue weighted by molar-refractivity contribution is -0.0697. The second kappa shape index (κ2) is 13.4. The van der Waals surface area contributed by atoms with Crippen molar-refractivity contribution in [2.45, 2.75) is 77.5 Å². The SMILES string of the molecule is CC(C)N(C(C)C)P(OCCC#N)O[C@@H]1C[C@H](N2CCCN(C(=O)c3ccccc3)C2=O)OC1CO. The van der Waals surface area contributed by atoms with Gasteiger partial charge in [0.25, 0.3) is 14.4 Å². The highest BCUT2D eigenvalue weighted by molar-refractivity contribution is 7.44. The monoisotopic (exact) mass is 520 g/mol. The first-order valence-corrected chi connectivity index (χ1v) is 13.6. The summed E-state index contributed by atoms with van der Waals surface area (Å²) in [6.45, 7) is 8.95. The fraction of sp³-hybridized carbons (Fsp3) is 0.640. The van der Waals surface area contributed by atoms with E-state index < -0.39 is 33.0 Å².